The van der Waals surface area contributed by atoms with Crippen LogP contribution in [-0.2, 0) is 4.79 Å². The van der Waals surface area contributed by atoms with E-state index in [-0.39, 0.29) is 11.8 Å². The van der Waals surface area contributed by atoms with E-state index in [1.54, 1.807) is 0 Å². The van der Waals surface area contributed by atoms with Gasteiger partial charge >= 0.3 is 5.97 Å². The number of rotatable bonds is 7. The van der Waals surface area contributed by atoms with Crippen molar-refractivity contribution in [2.24, 2.45) is 0 Å². The highest BCUT2D eigenvalue weighted by atomic mass is 32.2. The van der Waals surface area contributed by atoms with Gasteiger partial charge in [-0.2, -0.15) is 0 Å². The fraction of sp³-hybridized carbons (Fsp3) is 0.727. The minimum atomic E-state index is -0.845. The van der Waals surface area contributed by atoms with Crippen molar-refractivity contribution in [3.8, 4) is 0 Å². The molecule has 0 aliphatic heterocycles. The van der Waals surface area contributed by atoms with Gasteiger partial charge < -0.3 is 10.0 Å². The van der Waals surface area contributed by atoms with Crippen LogP contribution in [-0.4, -0.2) is 44.7 Å². The van der Waals surface area contributed by atoms with Gasteiger partial charge in [0.15, 0.2) is 5.16 Å². The number of aromatic nitrogens is 3. The molecule has 1 aromatic rings. The monoisotopic (exact) mass is 272 g/mol. The maximum atomic E-state index is 10.6. The molecular weight excluding hydrogens is 252 g/mol. The van der Waals surface area contributed by atoms with E-state index >= 15 is 0 Å². The second-order valence-corrected chi connectivity index (χ2v) is 5.04. The number of hydrogen-bond donors (Lipinski definition) is 1. The van der Waals surface area contributed by atoms with Gasteiger partial charge in [0, 0.05) is 19.1 Å². The van der Waals surface area contributed by atoms with Crippen molar-refractivity contribution < 1.29 is 9.90 Å². The molecule has 1 heterocycles. The lowest BCUT2D eigenvalue weighted by molar-refractivity contribution is -0.133. The number of hydrogen-bond acceptors (Lipinski definition) is 5. The lowest BCUT2D eigenvalue weighted by atomic mass is 10.4. The summed E-state index contributed by atoms with van der Waals surface area (Å²) in [7, 11) is 0. The van der Waals surface area contributed by atoms with Gasteiger partial charge in [-0.05, 0) is 27.7 Å². The van der Waals surface area contributed by atoms with Gasteiger partial charge in [-0.25, -0.2) is 0 Å². The molecule has 0 spiro atoms. The van der Waals surface area contributed by atoms with E-state index in [4.69, 9.17) is 5.11 Å². The molecule has 1 rings (SSSR count). The molecule has 0 saturated heterocycles. The standard InChI is InChI=1S/C11H20N4O2S/c1-5-14(6-2)10-12-13-11(15(10)8(3)4)18-7-9(16)17/h8H,5-7H2,1-4H3,(H,16,17). The Morgan fingerprint density at radius 2 is 2.00 bits per heavy atom. The number of thioether (sulfide) groups is 1. The molecule has 0 aliphatic rings. The Bertz CT molecular complexity index is 402. The van der Waals surface area contributed by atoms with E-state index in [2.05, 4.69) is 28.9 Å². The summed E-state index contributed by atoms with van der Waals surface area (Å²) in [6.07, 6.45) is 0. The zero-order valence-corrected chi connectivity index (χ0v) is 12.1. The predicted molar refractivity (Wildman–Crippen MR) is 72.3 cm³/mol. The average Bonchev–Trinajstić information content (AvgIpc) is 2.72. The number of aliphatic carboxylic acids is 1. The molecule has 18 heavy (non-hydrogen) atoms. The van der Waals surface area contributed by atoms with Crippen molar-refractivity contribution in [1.82, 2.24) is 14.8 Å². The number of nitrogens with zero attached hydrogens (tertiary/aromatic N) is 4. The maximum Gasteiger partial charge on any atom is 0.313 e. The first-order chi connectivity index (χ1) is 8.51. The Morgan fingerprint density at radius 3 is 2.44 bits per heavy atom. The van der Waals surface area contributed by atoms with Crippen LogP contribution in [0, 0.1) is 0 Å². The van der Waals surface area contributed by atoms with Crippen LogP contribution < -0.4 is 4.90 Å². The zero-order chi connectivity index (χ0) is 13.7. The average molecular weight is 272 g/mol. The fourth-order valence-electron chi connectivity index (χ4n) is 1.67. The second kappa shape index (κ2) is 6.63. The van der Waals surface area contributed by atoms with Crippen LogP contribution in [0.2, 0.25) is 0 Å². The van der Waals surface area contributed by atoms with Crippen LogP contribution in [0.1, 0.15) is 33.7 Å². The predicted octanol–water partition coefficient (Wildman–Crippen LogP) is 1.88. The van der Waals surface area contributed by atoms with Gasteiger partial charge in [-0.3, -0.25) is 9.36 Å². The summed E-state index contributed by atoms with van der Waals surface area (Å²) in [5.74, 6) is -0.0334. The molecule has 0 aliphatic carbocycles. The zero-order valence-electron chi connectivity index (χ0n) is 11.3. The van der Waals surface area contributed by atoms with Crippen molar-refractivity contribution in [3.63, 3.8) is 0 Å². The molecule has 1 N–H and O–H groups in total. The van der Waals surface area contributed by atoms with Crippen LogP contribution in [0.15, 0.2) is 5.16 Å². The van der Waals surface area contributed by atoms with E-state index in [1.165, 1.54) is 11.8 Å². The number of carboxylic acid groups (broad SMARTS) is 1. The normalized spacial score (nSPS) is 10.9. The van der Waals surface area contributed by atoms with Crippen molar-refractivity contribution >= 4 is 23.7 Å². The van der Waals surface area contributed by atoms with Crippen LogP contribution in [0.25, 0.3) is 0 Å². The molecule has 0 radical (unpaired) electrons. The third-order valence-electron chi connectivity index (χ3n) is 2.53. The minimum absolute atomic E-state index is 0.00308. The number of anilines is 1. The topological polar surface area (TPSA) is 71.2 Å². The Balaban J connectivity index is 3.02. The molecule has 0 bridgehead atoms. The summed E-state index contributed by atoms with van der Waals surface area (Å²) in [6, 6.07) is 0.201. The lowest BCUT2D eigenvalue weighted by Gasteiger charge is -2.22. The third kappa shape index (κ3) is 3.38. The van der Waals surface area contributed by atoms with E-state index < -0.39 is 5.97 Å². The van der Waals surface area contributed by atoms with Gasteiger partial charge in [0.2, 0.25) is 5.95 Å². The highest BCUT2D eigenvalue weighted by Crippen LogP contribution is 2.25. The van der Waals surface area contributed by atoms with E-state index in [0.29, 0.717) is 5.16 Å². The van der Waals surface area contributed by atoms with Gasteiger partial charge in [0.25, 0.3) is 0 Å². The summed E-state index contributed by atoms with van der Waals surface area (Å²) in [5, 5.41) is 17.7. The van der Waals surface area contributed by atoms with Gasteiger partial charge in [-0.1, -0.05) is 11.8 Å². The van der Waals surface area contributed by atoms with Crippen LogP contribution in [0.3, 0.4) is 0 Å². The smallest absolute Gasteiger partial charge is 0.313 e. The Kier molecular flexibility index (Phi) is 5.46. The Morgan fingerprint density at radius 1 is 1.39 bits per heavy atom. The maximum absolute atomic E-state index is 10.6. The number of carboxylic acids is 1. The minimum Gasteiger partial charge on any atom is -0.481 e. The van der Waals surface area contributed by atoms with E-state index in [1.807, 2.05) is 18.4 Å². The summed E-state index contributed by atoms with van der Waals surface area (Å²) in [5.41, 5.74) is 0. The third-order valence-corrected chi connectivity index (χ3v) is 3.46. The van der Waals surface area contributed by atoms with Crippen molar-refractivity contribution in [2.45, 2.75) is 38.9 Å². The van der Waals surface area contributed by atoms with Crippen molar-refractivity contribution in [1.29, 1.82) is 0 Å². The molecule has 0 amide bonds. The van der Waals surface area contributed by atoms with E-state index in [0.717, 1.165) is 19.0 Å². The van der Waals surface area contributed by atoms with Gasteiger partial charge in [0.05, 0.1) is 5.75 Å². The van der Waals surface area contributed by atoms with E-state index in [9.17, 15) is 4.79 Å². The summed E-state index contributed by atoms with van der Waals surface area (Å²) in [6.45, 7) is 9.91. The molecule has 0 fully saturated rings. The summed E-state index contributed by atoms with van der Waals surface area (Å²) >= 11 is 1.21. The van der Waals surface area contributed by atoms with Crippen molar-refractivity contribution in [2.75, 3.05) is 23.7 Å². The molecule has 0 atom stereocenters. The lowest BCUT2D eigenvalue weighted by Crippen LogP contribution is -2.26. The molecule has 7 heteroatoms. The largest absolute Gasteiger partial charge is 0.481 e. The molecule has 0 saturated carbocycles. The molecule has 0 aromatic carbocycles. The first-order valence-corrected chi connectivity index (χ1v) is 7.04. The first kappa shape index (κ1) is 14.8. The summed E-state index contributed by atoms with van der Waals surface area (Å²) in [4.78, 5) is 12.7. The Labute approximate surface area is 111 Å². The molecule has 0 unspecified atom stereocenters. The fourth-order valence-corrected chi connectivity index (χ4v) is 2.45. The van der Waals surface area contributed by atoms with Crippen LogP contribution in [0.5, 0.6) is 0 Å². The highest BCUT2D eigenvalue weighted by molar-refractivity contribution is 7.99. The quantitative estimate of drug-likeness (QED) is 0.764. The molecule has 102 valence electrons. The number of carbonyl (C=O) groups is 1. The SMILES string of the molecule is CCN(CC)c1nnc(SCC(=O)O)n1C(C)C. The second-order valence-electron chi connectivity index (χ2n) is 4.10. The molecule has 6 nitrogen and oxygen atoms in total. The van der Waals surface area contributed by atoms with Crippen LogP contribution in [0.4, 0.5) is 5.95 Å². The van der Waals surface area contributed by atoms with Gasteiger partial charge in [0.1, 0.15) is 0 Å². The first-order valence-electron chi connectivity index (χ1n) is 6.05. The van der Waals surface area contributed by atoms with Crippen LogP contribution >= 0.6 is 11.8 Å². The highest BCUT2D eigenvalue weighted by Gasteiger charge is 2.19. The molecule has 1 aromatic heterocycles. The Hall–Kier alpha value is -1.24. The van der Waals surface area contributed by atoms with Crippen molar-refractivity contribution in [3.05, 3.63) is 0 Å². The van der Waals surface area contributed by atoms with Gasteiger partial charge in [-0.15, -0.1) is 10.2 Å². The summed E-state index contributed by atoms with van der Waals surface area (Å²) < 4.78 is 1.99. The molecular formula is C11H20N4O2S.